The van der Waals surface area contributed by atoms with Crippen LogP contribution in [0.5, 0.6) is 5.75 Å². The van der Waals surface area contributed by atoms with Gasteiger partial charge in [0.2, 0.25) is 0 Å². The molecular formula is C13H18N2O. The number of nitrogens with one attached hydrogen (secondary N) is 1. The summed E-state index contributed by atoms with van der Waals surface area (Å²) < 4.78 is 5.69. The zero-order valence-electron chi connectivity index (χ0n) is 9.46. The minimum atomic E-state index is 0.185. The van der Waals surface area contributed by atoms with E-state index in [1.165, 1.54) is 30.4 Å². The zero-order valence-corrected chi connectivity index (χ0v) is 9.46. The molecule has 1 aliphatic rings. The normalized spacial score (nSPS) is 14.2. The Morgan fingerprint density at radius 1 is 1.31 bits per heavy atom. The first-order valence-electron chi connectivity index (χ1n) is 5.84. The summed E-state index contributed by atoms with van der Waals surface area (Å²) >= 11 is 0. The summed E-state index contributed by atoms with van der Waals surface area (Å²) in [6, 6.07) is 6.25. The highest BCUT2D eigenvalue weighted by molar-refractivity contribution is 5.76. The van der Waals surface area contributed by atoms with Gasteiger partial charge in [-0.2, -0.15) is 0 Å². The Balaban J connectivity index is 2.05. The van der Waals surface area contributed by atoms with Gasteiger partial charge in [0.1, 0.15) is 5.75 Å². The van der Waals surface area contributed by atoms with Crippen molar-refractivity contribution >= 4 is 5.84 Å². The van der Waals surface area contributed by atoms with Gasteiger partial charge in [-0.15, -0.1) is 0 Å². The molecule has 1 aromatic rings. The van der Waals surface area contributed by atoms with Crippen LogP contribution in [0.15, 0.2) is 18.2 Å². The number of amidine groups is 1. The summed E-state index contributed by atoms with van der Waals surface area (Å²) in [6.45, 7) is 0.506. The van der Waals surface area contributed by atoms with Crippen LogP contribution >= 0.6 is 0 Å². The van der Waals surface area contributed by atoms with E-state index in [9.17, 15) is 0 Å². The number of fused-ring (bicyclic) bond motifs is 1. The summed E-state index contributed by atoms with van der Waals surface area (Å²) in [5.74, 6) is 1.17. The summed E-state index contributed by atoms with van der Waals surface area (Å²) in [7, 11) is 0. The minimum absolute atomic E-state index is 0.185. The number of nitrogens with two attached hydrogens (primary N) is 1. The van der Waals surface area contributed by atoms with E-state index in [1.807, 2.05) is 12.1 Å². The minimum Gasteiger partial charge on any atom is -0.493 e. The van der Waals surface area contributed by atoms with E-state index in [0.29, 0.717) is 13.0 Å². The molecule has 0 heterocycles. The third kappa shape index (κ3) is 2.54. The van der Waals surface area contributed by atoms with Crippen LogP contribution in [-0.2, 0) is 12.8 Å². The molecule has 1 aliphatic carbocycles. The van der Waals surface area contributed by atoms with Crippen molar-refractivity contribution in [1.82, 2.24) is 0 Å². The number of hydrogen-bond donors (Lipinski definition) is 2. The Morgan fingerprint density at radius 2 is 2.12 bits per heavy atom. The largest absolute Gasteiger partial charge is 0.493 e. The fraction of sp³-hybridized carbons (Fsp3) is 0.462. The number of hydrogen-bond acceptors (Lipinski definition) is 2. The van der Waals surface area contributed by atoms with E-state index < -0.39 is 0 Å². The maximum atomic E-state index is 7.15. The molecule has 0 saturated heterocycles. The molecule has 2 rings (SSSR count). The first-order chi connectivity index (χ1) is 7.77. The van der Waals surface area contributed by atoms with Crippen molar-refractivity contribution in [3.63, 3.8) is 0 Å². The lowest BCUT2D eigenvalue weighted by Gasteiger charge is -2.19. The Hall–Kier alpha value is -1.51. The van der Waals surface area contributed by atoms with Crippen LogP contribution < -0.4 is 10.5 Å². The summed E-state index contributed by atoms with van der Waals surface area (Å²) in [6.07, 6.45) is 5.32. The third-order valence-electron chi connectivity index (χ3n) is 2.98. The van der Waals surface area contributed by atoms with E-state index in [0.717, 1.165) is 12.2 Å². The fourth-order valence-electron chi connectivity index (χ4n) is 2.15. The first kappa shape index (κ1) is 11.0. The highest BCUT2D eigenvalue weighted by Crippen LogP contribution is 2.29. The van der Waals surface area contributed by atoms with Gasteiger partial charge in [-0.05, 0) is 42.9 Å². The van der Waals surface area contributed by atoms with Crippen molar-refractivity contribution in [1.29, 1.82) is 5.41 Å². The van der Waals surface area contributed by atoms with E-state index in [2.05, 4.69) is 6.07 Å². The van der Waals surface area contributed by atoms with Crippen molar-refractivity contribution in [3.8, 4) is 5.75 Å². The molecule has 1 aromatic carbocycles. The number of benzene rings is 1. The molecule has 0 unspecified atom stereocenters. The first-order valence-corrected chi connectivity index (χ1v) is 5.84. The molecule has 86 valence electrons. The summed E-state index contributed by atoms with van der Waals surface area (Å²) in [5.41, 5.74) is 8.08. The fourth-order valence-corrected chi connectivity index (χ4v) is 2.15. The zero-order chi connectivity index (χ0) is 11.4. The van der Waals surface area contributed by atoms with Crippen molar-refractivity contribution < 1.29 is 4.74 Å². The van der Waals surface area contributed by atoms with Crippen LogP contribution in [0, 0.1) is 5.41 Å². The van der Waals surface area contributed by atoms with Gasteiger partial charge in [0.15, 0.2) is 0 Å². The van der Waals surface area contributed by atoms with Crippen molar-refractivity contribution in [2.45, 2.75) is 32.1 Å². The summed E-state index contributed by atoms with van der Waals surface area (Å²) in [4.78, 5) is 0. The smallest absolute Gasteiger partial charge is 0.122 e. The molecule has 0 bridgehead atoms. The molecule has 3 N–H and O–H groups in total. The highest BCUT2D eigenvalue weighted by atomic mass is 16.5. The Morgan fingerprint density at radius 3 is 2.94 bits per heavy atom. The van der Waals surface area contributed by atoms with Gasteiger partial charge < -0.3 is 10.5 Å². The van der Waals surface area contributed by atoms with Gasteiger partial charge in [-0.1, -0.05) is 12.1 Å². The molecular weight excluding hydrogens is 200 g/mol. The average molecular weight is 218 g/mol. The SMILES string of the molecule is N=C(N)CCOc1cccc2c1CCCC2. The second kappa shape index (κ2) is 5.01. The van der Waals surface area contributed by atoms with E-state index in [4.69, 9.17) is 15.9 Å². The maximum Gasteiger partial charge on any atom is 0.122 e. The number of aryl methyl sites for hydroxylation is 1. The Labute approximate surface area is 96.1 Å². The monoisotopic (exact) mass is 218 g/mol. The van der Waals surface area contributed by atoms with Crippen LogP contribution in [0.1, 0.15) is 30.4 Å². The number of rotatable bonds is 4. The van der Waals surface area contributed by atoms with Crippen molar-refractivity contribution in [2.75, 3.05) is 6.61 Å². The number of ether oxygens (including phenoxy) is 1. The van der Waals surface area contributed by atoms with Crippen LogP contribution in [-0.4, -0.2) is 12.4 Å². The van der Waals surface area contributed by atoms with E-state index in [-0.39, 0.29) is 5.84 Å². The van der Waals surface area contributed by atoms with Gasteiger partial charge in [0.25, 0.3) is 0 Å². The molecule has 0 aromatic heterocycles. The maximum absolute atomic E-state index is 7.15. The van der Waals surface area contributed by atoms with Crippen molar-refractivity contribution in [2.24, 2.45) is 5.73 Å². The molecule has 0 fully saturated rings. The second-order valence-electron chi connectivity index (χ2n) is 4.22. The molecule has 0 aliphatic heterocycles. The van der Waals surface area contributed by atoms with E-state index >= 15 is 0 Å². The molecule has 0 atom stereocenters. The van der Waals surface area contributed by atoms with E-state index in [1.54, 1.807) is 0 Å². The molecule has 16 heavy (non-hydrogen) atoms. The lowest BCUT2D eigenvalue weighted by atomic mass is 9.91. The molecule has 0 saturated carbocycles. The van der Waals surface area contributed by atoms with Gasteiger partial charge >= 0.3 is 0 Å². The molecule has 0 spiro atoms. The van der Waals surface area contributed by atoms with Gasteiger partial charge in [0, 0.05) is 6.42 Å². The molecule has 0 radical (unpaired) electrons. The summed E-state index contributed by atoms with van der Waals surface area (Å²) in [5, 5.41) is 7.15. The van der Waals surface area contributed by atoms with Gasteiger partial charge in [-0.3, -0.25) is 5.41 Å². The van der Waals surface area contributed by atoms with Crippen molar-refractivity contribution in [3.05, 3.63) is 29.3 Å². The molecule has 3 nitrogen and oxygen atoms in total. The Kier molecular flexibility index (Phi) is 3.44. The highest BCUT2D eigenvalue weighted by Gasteiger charge is 2.13. The van der Waals surface area contributed by atoms with Crippen LogP contribution in [0.3, 0.4) is 0 Å². The second-order valence-corrected chi connectivity index (χ2v) is 4.22. The third-order valence-corrected chi connectivity index (χ3v) is 2.98. The lowest BCUT2D eigenvalue weighted by molar-refractivity contribution is 0.323. The van der Waals surface area contributed by atoms with Gasteiger partial charge in [-0.25, -0.2) is 0 Å². The molecule has 0 amide bonds. The lowest BCUT2D eigenvalue weighted by Crippen LogP contribution is -2.14. The standard InChI is InChI=1S/C13H18N2O/c14-13(15)8-9-16-12-7-3-5-10-4-1-2-6-11(10)12/h3,5,7H,1-2,4,6,8-9H2,(H3,14,15). The Bertz CT molecular complexity index is 388. The van der Waals surface area contributed by atoms with Crippen LogP contribution in [0.4, 0.5) is 0 Å². The topological polar surface area (TPSA) is 59.1 Å². The predicted molar refractivity (Wildman–Crippen MR) is 65.1 cm³/mol. The van der Waals surface area contributed by atoms with Gasteiger partial charge in [0.05, 0.1) is 12.4 Å². The molecule has 3 heteroatoms. The van der Waals surface area contributed by atoms with Crippen LogP contribution in [0.25, 0.3) is 0 Å². The predicted octanol–water partition coefficient (Wildman–Crippen LogP) is 2.27. The average Bonchev–Trinajstić information content (AvgIpc) is 2.29. The van der Waals surface area contributed by atoms with Crippen LogP contribution in [0.2, 0.25) is 0 Å². The quantitative estimate of drug-likeness (QED) is 0.601.